The molecule has 0 radical (unpaired) electrons. The molecule has 90 valence electrons. The van der Waals surface area contributed by atoms with E-state index in [-0.39, 0.29) is 0 Å². The van der Waals surface area contributed by atoms with Gasteiger partial charge in [0.1, 0.15) is 5.65 Å². The molecule has 0 unspecified atom stereocenters. The van der Waals surface area contributed by atoms with Crippen LogP contribution in [0, 0.1) is 0 Å². The largest absolute Gasteiger partial charge is 0.326 e. The third kappa shape index (κ3) is 2.05. The van der Waals surface area contributed by atoms with Crippen LogP contribution in [0.1, 0.15) is 5.56 Å². The van der Waals surface area contributed by atoms with Crippen molar-refractivity contribution in [3.63, 3.8) is 0 Å². The maximum atomic E-state index is 5.64. The average Bonchev–Trinajstić information content (AvgIpc) is 2.82. The Morgan fingerprint density at radius 3 is 2.56 bits per heavy atom. The van der Waals surface area contributed by atoms with Crippen molar-refractivity contribution in [3.8, 4) is 11.3 Å². The Morgan fingerprint density at radius 2 is 1.83 bits per heavy atom. The van der Waals surface area contributed by atoms with Gasteiger partial charge in [0.15, 0.2) is 0 Å². The first-order valence-electron chi connectivity index (χ1n) is 5.70. The van der Waals surface area contributed by atoms with Crippen LogP contribution >= 0.6 is 15.9 Å². The standard InChI is InChI=1S/C14H12BrN3/c15-12-4-2-11(3-5-12)13-9-18-8-10(7-16)1-6-14(18)17-13/h1-6,8-9H,7,16H2. The molecule has 0 amide bonds. The fourth-order valence-corrected chi connectivity index (χ4v) is 2.18. The molecule has 3 aromatic rings. The van der Waals surface area contributed by atoms with Gasteiger partial charge in [-0.25, -0.2) is 4.98 Å². The minimum absolute atomic E-state index is 0.543. The second kappa shape index (κ2) is 4.55. The van der Waals surface area contributed by atoms with Crippen molar-refractivity contribution in [2.24, 2.45) is 5.73 Å². The van der Waals surface area contributed by atoms with E-state index in [1.54, 1.807) is 0 Å². The molecule has 0 aliphatic rings. The lowest BCUT2D eigenvalue weighted by Crippen LogP contribution is -1.97. The molecule has 0 saturated carbocycles. The monoisotopic (exact) mass is 301 g/mol. The molecular weight excluding hydrogens is 290 g/mol. The Labute approximate surface area is 113 Å². The van der Waals surface area contributed by atoms with E-state index in [4.69, 9.17) is 5.73 Å². The summed E-state index contributed by atoms with van der Waals surface area (Å²) in [5.74, 6) is 0. The fraction of sp³-hybridized carbons (Fsp3) is 0.0714. The van der Waals surface area contributed by atoms with Crippen LogP contribution in [0.5, 0.6) is 0 Å². The minimum Gasteiger partial charge on any atom is -0.326 e. The molecule has 2 heterocycles. The van der Waals surface area contributed by atoms with Crippen LogP contribution in [-0.2, 0) is 6.54 Å². The Morgan fingerprint density at radius 1 is 1.06 bits per heavy atom. The smallest absolute Gasteiger partial charge is 0.137 e. The van der Waals surface area contributed by atoms with Gasteiger partial charge in [-0.2, -0.15) is 0 Å². The highest BCUT2D eigenvalue weighted by atomic mass is 79.9. The van der Waals surface area contributed by atoms with Crippen molar-refractivity contribution in [1.29, 1.82) is 0 Å². The molecule has 0 aliphatic heterocycles. The SMILES string of the molecule is NCc1ccc2nc(-c3ccc(Br)cc3)cn2c1. The van der Waals surface area contributed by atoms with Crippen molar-refractivity contribution in [2.75, 3.05) is 0 Å². The first-order valence-corrected chi connectivity index (χ1v) is 6.49. The summed E-state index contributed by atoms with van der Waals surface area (Å²) in [5.41, 5.74) is 9.75. The van der Waals surface area contributed by atoms with Crippen molar-refractivity contribution in [3.05, 3.63) is 58.8 Å². The Bertz CT molecular complexity index is 686. The molecule has 2 N–H and O–H groups in total. The molecule has 4 heteroatoms. The van der Waals surface area contributed by atoms with E-state index in [1.807, 2.05) is 41.1 Å². The molecule has 0 spiro atoms. The van der Waals surface area contributed by atoms with Crippen molar-refractivity contribution < 1.29 is 0 Å². The number of rotatable bonds is 2. The summed E-state index contributed by atoms with van der Waals surface area (Å²) in [6.45, 7) is 0.543. The molecule has 0 atom stereocenters. The van der Waals surface area contributed by atoms with Gasteiger partial charge in [-0.05, 0) is 23.8 Å². The van der Waals surface area contributed by atoms with Crippen molar-refractivity contribution >= 4 is 21.6 Å². The highest BCUT2D eigenvalue weighted by Gasteiger charge is 2.04. The third-order valence-corrected chi connectivity index (χ3v) is 3.42. The van der Waals surface area contributed by atoms with Crippen LogP contribution in [0.25, 0.3) is 16.9 Å². The second-order valence-corrected chi connectivity index (χ2v) is 5.06. The summed E-state index contributed by atoms with van der Waals surface area (Å²) >= 11 is 3.43. The Kier molecular flexibility index (Phi) is 2.89. The highest BCUT2D eigenvalue weighted by Crippen LogP contribution is 2.21. The topological polar surface area (TPSA) is 43.3 Å². The van der Waals surface area contributed by atoms with E-state index in [2.05, 4.69) is 33.0 Å². The van der Waals surface area contributed by atoms with Crippen LogP contribution in [0.3, 0.4) is 0 Å². The van der Waals surface area contributed by atoms with E-state index >= 15 is 0 Å². The quantitative estimate of drug-likeness (QED) is 0.790. The summed E-state index contributed by atoms with van der Waals surface area (Å²) in [6, 6.07) is 12.1. The minimum atomic E-state index is 0.543. The maximum Gasteiger partial charge on any atom is 0.137 e. The summed E-state index contributed by atoms with van der Waals surface area (Å²) in [7, 11) is 0. The van der Waals surface area contributed by atoms with Crippen LogP contribution in [0.15, 0.2) is 53.3 Å². The number of nitrogens with zero attached hydrogens (tertiary/aromatic N) is 2. The lowest BCUT2D eigenvalue weighted by Gasteiger charge is -1.96. The number of fused-ring (bicyclic) bond motifs is 1. The summed E-state index contributed by atoms with van der Waals surface area (Å²) < 4.78 is 3.08. The summed E-state index contributed by atoms with van der Waals surface area (Å²) in [6.07, 6.45) is 4.04. The predicted molar refractivity (Wildman–Crippen MR) is 76.2 cm³/mol. The number of pyridine rings is 1. The van der Waals surface area contributed by atoms with Gasteiger partial charge in [0.25, 0.3) is 0 Å². The van der Waals surface area contributed by atoms with Gasteiger partial charge >= 0.3 is 0 Å². The van der Waals surface area contributed by atoms with E-state index in [1.165, 1.54) is 0 Å². The number of benzene rings is 1. The molecule has 0 aliphatic carbocycles. The van der Waals surface area contributed by atoms with Gasteiger partial charge < -0.3 is 10.1 Å². The number of aromatic nitrogens is 2. The molecule has 0 fully saturated rings. The zero-order valence-electron chi connectivity index (χ0n) is 9.68. The summed E-state index contributed by atoms with van der Waals surface area (Å²) in [4.78, 5) is 4.59. The number of hydrogen-bond donors (Lipinski definition) is 1. The molecular formula is C14H12BrN3. The van der Waals surface area contributed by atoms with Gasteiger partial charge in [-0.15, -0.1) is 0 Å². The van der Waals surface area contributed by atoms with Gasteiger partial charge in [0, 0.05) is 29.0 Å². The van der Waals surface area contributed by atoms with Crippen molar-refractivity contribution in [2.45, 2.75) is 6.54 Å². The third-order valence-electron chi connectivity index (χ3n) is 2.89. The molecule has 2 aromatic heterocycles. The number of hydrogen-bond acceptors (Lipinski definition) is 2. The first-order chi connectivity index (χ1) is 8.76. The maximum absolute atomic E-state index is 5.64. The molecule has 3 nitrogen and oxygen atoms in total. The Balaban J connectivity index is 2.10. The molecule has 0 saturated heterocycles. The summed E-state index contributed by atoms with van der Waals surface area (Å²) in [5, 5.41) is 0. The Hall–Kier alpha value is -1.65. The van der Waals surface area contributed by atoms with Crippen LogP contribution in [-0.4, -0.2) is 9.38 Å². The number of imidazole rings is 1. The lowest BCUT2D eigenvalue weighted by molar-refractivity contribution is 1.03. The van der Waals surface area contributed by atoms with Gasteiger partial charge in [0.05, 0.1) is 5.69 Å². The van der Waals surface area contributed by atoms with Gasteiger partial charge in [0.2, 0.25) is 0 Å². The van der Waals surface area contributed by atoms with Gasteiger partial charge in [-0.1, -0.05) is 34.1 Å². The van der Waals surface area contributed by atoms with E-state index in [0.717, 1.165) is 26.9 Å². The zero-order chi connectivity index (χ0) is 12.5. The number of halogens is 1. The molecule has 18 heavy (non-hydrogen) atoms. The predicted octanol–water partition coefficient (Wildman–Crippen LogP) is 3.22. The fourth-order valence-electron chi connectivity index (χ4n) is 1.92. The highest BCUT2D eigenvalue weighted by molar-refractivity contribution is 9.10. The first kappa shape index (κ1) is 11.4. The normalized spacial score (nSPS) is 11.0. The van der Waals surface area contributed by atoms with Gasteiger partial charge in [-0.3, -0.25) is 0 Å². The van der Waals surface area contributed by atoms with Crippen LogP contribution in [0.4, 0.5) is 0 Å². The molecule has 3 rings (SSSR count). The zero-order valence-corrected chi connectivity index (χ0v) is 11.3. The van der Waals surface area contributed by atoms with Crippen LogP contribution in [0.2, 0.25) is 0 Å². The van der Waals surface area contributed by atoms with E-state index < -0.39 is 0 Å². The van der Waals surface area contributed by atoms with E-state index in [9.17, 15) is 0 Å². The van der Waals surface area contributed by atoms with Crippen molar-refractivity contribution in [1.82, 2.24) is 9.38 Å². The average molecular weight is 302 g/mol. The van der Waals surface area contributed by atoms with E-state index in [0.29, 0.717) is 6.54 Å². The van der Waals surface area contributed by atoms with Crippen LogP contribution < -0.4 is 5.73 Å². The molecule has 1 aromatic carbocycles. The number of nitrogens with two attached hydrogens (primary N) is 1. The molecule has 0 bridgehead atoms. The second-order valence-electron chi connectivity index (χ2n) is 4.14. The lowest BCUT2D eigenvalue weighted by atomic mass is 10.2.